The van der Waals surface area contributed by atoms with Crippen molar-refractivity contribution in [3.05, 3.63) is 78.2 Å². The Labute approximate surface area is 168 Å². The molecule has 4 aromatic rings. The maximum absolute atomic E-state index is 12.3. The van der Waals surface area contributed by atoms with Crippen LogP contribution in [0.3, 0.4) is 0 Å². The number of fused-ring (bicyclic) bond motifs is 1. The molecule has 29 heavy (non-hydrogen) atoms. The topological polar surface area (TPSA) is 96.2 Å². The molecule has 0 aliphatic heterocycles. The van der Waals surface area contributed by atoms with E-state index in [-0.39, 0.29) is 5.91 Å². The van der Waals surface area contributed by atoms with Gasteiger partial charge in [0, 0.05) is 37.2 Å². The zero-order valence-corrected chi connectivity index (χ0v) is 16.0. The Morgan fingerprint density at radius 3 is 2.66 bits per heavy atom. The molecule has 1 amide bonds. The van der Waals surface area contributed by atoms with Gasteiger partial charge in [-0.15, -0.1) is 10.2 Å². The smallest absolute Gasteiger partial charge is 0.252 e. The van der Waals surface area contributed by atoms with Crippen LogP contribution in [-0.4, -0.2) is 38.6 Å². The molecule has 0 saturated heterocycles. The van der Waals surface area contributed by atoms with Gasteiger partial charge in [-0.25, -0.2) is 4.98 Å². The van der Waals surface area contributed by atoms with Crippen LogP contribution in [0.25, 0.3) is 5.52 Å². The monoisotopic (exact) mass is 387 g/mol. The minimum absolute atomic E-state index is 0.105. The predicted octanol–water partition coefficient (Wildman–Crippen LogP) is 3.02. The van der Waals surface area contributed by atoms with E-state index in [1.807, 2.05) is 72.2 Å². The number of amides is 1. The summed E-state index contributed by atoms with van der Waals surface area (Å²) in [6.07, 6.45) is 5.48. The van der Waals surface area contributed by atoms with Gasteiger partial charge in [0.15, 0.2) is 5.82 Å². The van der Waals surface area contributed by atoms with Crippen molar-refractivity contribution in [2.75, 3.05) is 23.7 Å². The van der Waals surface area contributed by atoms with E-state index in [2.05, 4.69) is 31.1 Å². The maximum atomic E-state index is 12.3. The molecule has 3 N–H and O–H groups in total. The number of hydrogen-bond donors (Lipinski definition) is 3. The van der Waals surface area contributed by atoms with Crippen molar-refractivity contribution in [3.8, 4) is 0 Å². The summed E-state index contributed by atoms with van der Waals surface area (Å²) in [4.78, 5) is 16.5. The lowest BCUT2D eigenvalue weighted by Crippen LogP contribution is -2.28. The van der Waals surface area contributed by atoms with Gasteiger partial charge in [0.05, 0.1) is 5.56 Å². The van der Waals surface area contributed by atoms with Crippen LogP contribution in [-0.2, 0) is 0 Å². The number of rotatable bonds is 7. The highest BCUT2D eigenvalue weighted by atomic mass is 16.1. The Bertz CT molecular complexity index is 1090. The van der Waals surface area contributed by atoms with Gasteiger partial charge in [0.1, 0.15) is 11.6 Å². The van der Waals surface area contributed by atoms with Gasteiger partial charge in [0.2, 0.25) is 0 Å². The van der Waals surface area contributed by atoms with Gasteiger partial charge in [-0.2, -0.15) is 0 Å². The van der Waals surface area contributed by atoms with Crippen LogP contribution >= 0.6 is 0 Å². The fourth-order valence-corrected chi connectivity index (χ4v) is 2.88. The molecule has 4 heterocycles. The molecule has 8 heteroatoms. The largest absolute Gasteiger partial charge is 0.367 e. The normalized spacial score (nSPS) is 10.7. The van der Waals surface area contributed by atoms with Crippen LogP contribution in [0.15, 0.2) is 67.1 Å². The van der Waals surface area contributed by atoms with Crippen LogP contribution in [0, 0.1) is 6.92 Å². The Hall–Kier alpha value is -3.94. The van der Waals surface area contributed by atoms with Crippen LogP contribution in [0.1, 0.15) is 15.9 Å². The van der Waals surface area contributed by atoms with Gasteiger partial charge in [0.25, 0.3) is 5.91 Å². The van der Waals surface area contributed by atoms with E-state index < -0.39 is 0 Å². The average Bonchev–Trinajstić information content (AvgIpc) is 3.17. The predicted molar refractivity (Wildman–Crippen MR) is 113 cm³/mol. The third-order valence-corrected chi connectivity index (χ3v) is 4.32. The van der Waals surface area contributed by atoms with Gasteiger partial charge < -0.3 is 20.4 Å². The first-order valence-corrected chi connectivity index (χ1v) is 9.29. The summed E-state index contributed by atoms with van der Waals surface area (Å²) in [6.45, 7) is 3.02. The lowest BCUT2D eigenvalue weighted by atomic mass is 10.3. The molecular formula is C21H21N7O. The minimum atomic E-state index is -0.105. The molecular weight excluding hydrogens is 366 g/mol. The van der Waals surface area contributed by atoms with E-state index in [9.17, 15) is 4.79 Å². The molecule has 146 valence electrons. The average molecular weight is 387 g/mol. The zero-order valence-electron chi connectivity index (χ0n) is 16.0. The first-order valence-electron chi connectivity index (χ1n) is 9.29. The number of aromatic nitrogens is 4. The number of nitrogens with one attached hydrogen (secondary N) is 3. The molecule has 4 rings (SSSR count). The van der Waals surface area contributed by atoms with Gasteiger partial charge in [-0.1, -0.05) is 6.07 Å². The molecule has 0 radical (unpaired) electrons. The third kappa shape index (κ3) is 4.67. The number of carbonyl (C=O) groups is 1. The molecule has 0 aromatic carbocycles. The van der Waals surface area contributed by atoms with Crippen LogP contribution in [0.5, 0.6) is 0 Å². The molecule has 8 nitrogen and oxygen atoms in total. The van der Waals surface area contributed by atoms with Crippen molar-refractivity contribution in [2.45, 2.75) is 6.92 Å². The molecule has 0 atom stereocenters. The van der Waals surface area contributed by atoms with E-state index in [4.69, 9.17) is 0 Å². The summed E-state index contributed by atoms with van der Waals surface area (Å²) in [5.74, 6) is 1.87. The summed E-state index contributed by atoms with van der Waals surface area (Å²) >= 11 is 0. The van der Waals surface area contributed by atoms with Crippen LogP contribution in [0.2, 0.25) is 0 Å². The number of anilines is 3. The Balaban J connectivity index is 1.24. The van der Waals surface area contributed by atoms with Crippen molar-refractivity contribution in [1.29, 1.82) is 0 Å². The van der Waals surface area contributed by atoms with Gasteiger partial charge >= 0.3 is 0 Å². The second-order valence-corrected chi connectivity index (χ2v) is 6.59. The summed E-state index contributed by atoms with van der Waals surface area (Å²) in [6, 6.07) is 15.2. The van der Waals surface area contributed by atoms with Crippen molar-refractivity contribution in [2.24, 2.45) is 0 Å². The minimum Gasteiger partial charge on any atom is -0.367 e. The lowest BCUT2D eigenvalue weighted by Gasteiger charge is -2.08. The fourth-order valence-electron chi connectivity index (χ4n) is 2.88. The number of pyridine rings is 2. The highest BCUT2D eigenvalue weighted by Crippen LogP contribution is 2.13. The van der Waals surface area contributed by atoms with Crippen LogP contribution < -0.4 is 16.0 Å². The number of aryl methyl sites for hydroxylation is 1. The second-order valence-electron chi connectivity index (χ2n) is 6.59. The van der Waals surface area contributed by atoms with Crippen molar-refractivity contribution in [1.82, 2.24) is 24.9 Å². The number of hydrogen-bond acceptors (Lipinski definition) is 6. The maximum Gasteiger partial charge on any atom is 0.252 e. The summed E-state index contributed by atoms with van der Waals surface area (Å²) < 4.78 is 1.92. The highest BCUT2D eigenvalue weighted by molar-refractivity contribution is 5.95. The summed E-state index contributed by atoms with van der Waals surface area (Å²) in [5, 5.41) is 17.4. The fraction of sp³-hybridized carbons (Fsp3) is 0.143. The first kappa shape index (κ1) is 18.4. The van der Waals surface area contributed by atoms with Gasteiger partial charge in [-0.3, -0.25) is 4.79 Å². The molecule has 0 aliphatic carbocycles. The molecule has 0 unspecified atom stereocenters. The molecule has 0 saturated carbocycles. The lowest BCUT2D eigenvalue weighted by molar-refractivity contribution is 0.0955. The molecule has 0 fully saturated rings. The second kappa shape index (κ2) is 8.39. The Kier molecular flexibility index (Phi) is 5.33. The van der Waals surface area contributed by atoms with Crippen LogP contribution in [0.4, 0.5) is 17.5 Å². The highest BCUT2D eigenvalue weighted by Gasteiger charge is 2.07. The van der Waals surface area contributed by atoms with E-state index >= 15 is 0 Å². The van der Waals surface area contributed by atoms with E-state index in [1.54, 1.807) is 6.20 Å². The molecule has 4 aromatic heterocycles. The van der Waals surface area contributed by atoms with Crippen molar-refractivity contribution < 1.29 is 4.79 Å². The molecule has 0 aliphatic rings. The third-order valence-electron chi connectivity index (χ3n) is 4.32. The quantitative estimate of drug-likeness (QED) is 0.422. The number of nitrogens with zero attached hydrogens (tertiary/aromatic N) is 4. The van der Waals surface area contributed by atoms with E-state index in [1.165, 1.54) is 0 Å². The van der Waals surface area contributed by atoms with Gasteiger partial charge in [-0.05, 0) is 55.0 Å². The molecule has 0 bridgehead atoms. The van der Waals surface area contributed by atoms with E-state index in [0.29, 0.717) is 30.3 Å². The van der Waals surface area contributed by atoms with Crippen molar-refractivity contribution in [3.63, 3.8) is 0 Å². The SMILES string of the molecule is Cc1ccnc(Nc2ccc(NCCNC(=O)c3cc4ccccn4c3)nn2)c1. The first-order chi connectivity index (χ1) is 14.2. The zero-order chi connectivity index (χ0) is 20.1. The summed E-state index contributed by atoms with van der Waals surface area (Å²) in [7, 11) is 0. The van der Waals surface area contributed by atoms with E-state index in [0.717, 1.165) is 16.9 Å². The Morgan fingerprint density at radius 1 is 1.00 bits per heavy atom. The number of carbonyl (C=O) groups excluding carboxylic acids is 1. The Morgan fingerprint density at radius 2 is 1.86 bits per heavy atom. The summed E-state index contributed by atoms with van der Waals surface area (Å²) in [5.41, 5.74) is 2.74. The van der Waals surface area contributed by atoms with Crippen molar-refractivity contribution >= 4 is 28.9 Å². The molecule has 0 spiro atoms. The standard InChI is InChI=1S/C21H21N7O/c1-15-7-8-22-20(12-15)25-19-6-5-18(26-27-19)23-9-10-24-21(29)16-13-17-4-2-3-11-28(17)14-16/h2-8,11-14H,9-10H2,1H3,(H,23,26)(H,24,29)(H,22,25,27).